The lowest BCUT2D eigenvalue weighted by molar-refractivity contribution is 0.670. The molecular formula is C19H17NS. The minimum Gasteiger partial charge on any atom is -0.336 e. The van der Waals surface area contributed by atoms with Gasteiger partial charge in [0.25, 0.3) is 0 Å². The molecular weight excluding hydrogens is 274 g/mol. The van der Waals surface area contributed by atoms with Crippen LogP contribution in [-0.2, 0) is 0 Å². The van der Waals surface area contributed by atoms with Crippen LogP contribution < -0.4 is 4.90 Å². The first kappa shape index (κ1) is 12.8. The van der Waals surface area contributed by atoms with E-state index in [0.717, 1.165) is 6.42 Å². The lowest BCUT2D eigenvalue weighted by Gasteiger charge is -2.42. The third kappa shape index (κ3) is 2.30. The van der Waals surface area contributed by atoms with Crippen molar-refractivity contribution in [2.75, 3.05) is 4.90 Å². The van der Waals surface area contributed by atoms with Crippen molar-refractivity contribution in [1.82, 2.24) is 0 Å². The maximum atomic E-state index is 2.51. The summed E-state index contributed by atoms with van der Waals surface area (Å²) in [5.74, 6) is 0. The summed E-state index contributed by atoms with van der Waals surface area (Å²) in [6, 6.07) is 20.0. The van der Waals surface area contributed by atoms with Crippen LogP contribution in [0.15, 0.2) is 83.8 Å². The fourth-order valence-corrected chi connectivity index (χ4v) is 4.40. The van der Waals surface area contributed by atoms with Crippen molar-refractivity contribution in [3.05, 3.63) is 78.9 Å². The molecule has 0 amide bonds. The Kier molecular flexibility index (Phi) is 3.32. The van der Waals surface area contributed by atoms with Gasteiger partial charge in [0.2, 0.25) is 0 Å². The van der Waals surface area contributed by atoms with E-state index in [1.165, 1.54) is 16.3 Å². The molecule has 1 aliphatic heterocycles. The van der Waals surface area contributed by atoms with Crippen LogP contribution in [0, 0.1) is 0 Å². The van der Waals surface area contributed by atoms with Crippen LogP contribution in [0.3, 0.4) is 0 Å². The molecule has 1 nitrogen and oxygen atoms in total. The van der Waals surface area contributed by atoms with Gasteiger partial charge < -0.3 is 4.90 Å². The van der Waals surface area contributed by atoms with Gasteiger partial charge >= 0.3 is 0 Å². The molecule has 0 bridgehead atoms. The summed E-state index contributed by atoms with van der Waals surface area (Å²) in [4.78, 5) is 3.88. The number of hydrogen-bond donors (Lipinski definition) is 0. The number of rotatable bonds is 1. The molecule has 1 aliphatic carbocycles. The lowest BCUT2D eigenvalue weighted by Crippen LogP contribution is -2.41. The molecule has 2 unspecified atom stereocenters. The highest BCUT2D eigenvalue weighted by Gasteiger charge is 2.34. The van der Waals surface area contributed by atoms with Gasteiger partial charge in [0.15, 0.2) is 0 Å². The van der Waals surface area contributed by atoms with Crippen molar-refractivity contribution in [2.24, 2.45) is 0 Å². The quantitative estimate of drug-likeness (QED) is 0.712. The van der Waals surface area contributed by atoms with E-state index in [1.807, 2.05) is 11.8 Å². The minimum absolute atomic E-state index is 0.474. The molecule has 0 saturated heterocycles. The monoisotopic (exact) mass is 291 g/mol. The topological polar surface area (TPSA) is 3.24 Å². The Morgan fingerprint density at radius 2 is 1.71 bits per heavy atom. The highest BCUT2D eigenvalue weighted by atomic mass is 32.2. The van der Waals surface area contributed by atoms with Crippen molar-refractivity contribution in [3.8, 4) is 0 Å². The summed E-state index contributed by atoms with van der Waals surface area (Å²) in [6.07, 6.45) is 10.1. The Labute approximate surface area is 130 Å². The highest BCUT2D eigenvalue weighted by molar-refractivity contribution is 8.00. The average Bonchev–Trinajstić information content (AvgIpc) is 2.78. The van der Waals surface area contributed by atoms with Crippen LogP contribution in [0.25, 0.3) is 0 Å². The zero-order chi connectivity index (χ0) is 14.1. The summed E-state index contributed by atoms with van der Waals surface area (Å²) < 4.78 is 0. The van der Waals surface area contributed by atoms with E-state index in [2.05, 4.69) is 83.8 Å². The van der Waals surface area contributed by atoms with E-state index in [9.17, 15) is 0 Å². The molecule has 0 spiro atoms. The Hall–Kier alpha value is -1.93. The summed E-state index contributed by atoms with van der Waals surface area (Å²) >= 11 is 1.98. The SMILES string of the molecule is C1=CCC2C(C=C1)Sc1ccccc1N2c1ccccc1. The third-order valence-corrected chi connectivity index (χ3v) is 5.40. The van der Waals surface area contributed by atoms with Gasteiger partial charge in [0, 0.05) is 15.8 Å². The molecule has 0 saturated carbocycles. The maximum Gasteiger partial charge on any atom is 0.0552 e. The number of hydrogen-bond acceptors (Lipinski definition) is 2. The predicted octanol–water partition coefficient (Wildman–Crippen LogP) is 5.18. The molecule has 0 N–H and O–H groups in total. The first-order valence-corrected chi connectivity index (χ1v) is 8.25. The smallest absolute Gasteiger partial charge is 0.0552 e. The van der Waals surface area contributed by atoms with E-state index >= 15 is 0 Å². The molecule has 21 heavy (non-hydrogen) atoms. The number of benzene rings is 2. The fraction of sp³-hybridized carbons (Fsp3) is 0.158. The Morgan fingerprint density at radius 1 is 0.905 bits per heavy atom. The van der Waals surface area contributed by atoms with Gasteiger partial charge in [-0.05, 0) is 30.7 Å². The summed E-state index contributed by atoms with van der Waals surface area (Å²) in [6.45, 7) is 0. The second-order valence-electron chi connectivity index (χ2n) is 5.37. The summed E-state index contributed by atoms with van der Waals surface area (Å²) in [5, 5.41) is 0.495. The minimum atomic E-state index is 0.474. The summed E-state index contributed by atoms with van der Waals surface area (Å²) in [5.41, 5.74) is 2.61. The summed E-state index contributed by atoms with van der Waals surface area (Å²) in [7, 11) is 0. The zero-order valence-corrected chi connectivity index (χ0v) is 12.5. The van der Waals surface area contributed by atoms with E-state index in [0.29, 0.717) is 11.3 Å². The van der Waals surface area contributed by atoms with Crippen molar-refractivity contribution in [2.45, 2.75) is 22.6 Å². The molecule has 0 fully saturated rings. The Balaban J connectivity index is 1.87. The lowest BCUT2D eigenvalue weighted by atomic mass is 10.0. The van der Waals surface area contributed by atoms with Crippen molar-refractivity contribution in [1.29, 1.82) is 0 Å². The molecule has 0 aromatic heterocycles. The van der Waals surface area contributed by atoms with E-state index < -0.39 is 0 Å². The molecule has 1 heterocycles. The van der Waals surface area contributed by atoms with Gasteiger partial charge in [-0.25, -0.2) is 0 Å². The molecule has 2 aromatic rings. The van der Waals surface area contributed by atoms with Gasteiger partial charge in [0.05, 0.1) is 11.7 Å². The molecule has 2 heteroatoms. The average molecular weight is 291 g/mol. The van der Waals surface area contributed by atoms with Crippen LogP contribution >= 0.6 is 11.8 Å². The van der Waals surface area contributed by atoms with Crippen molar-refractivity contribution in [3.63, 3.8) is 0 Å². The molecule has 104 valence electrons. The van der Waals surface area contributed by atoms with Crippen LogP contribution in [0.2, 0.25) is 0 Å². The molecule has 2 aliphatic rings. The maximum absolute atomic E-state index is 2.51. The molecule has 4 rings (SSSR count). The molecule has 2 aromatic carbocycles. The number of nitrogens with zero attached hydrogens (tertiary/aromatic N) is 1. The van der Waals surface area contributed by atoms with Crippen LogP contribution in [-0.4, -0.2) is 11.3 Å². The first-order chi connectivity index (χ1) is 10.4. The second kappa shape index (κ2) is 5.45. The number of thioether (sulfide) groups is 1. The number of allylic oxidation sites excluding steroid dienone is 2. The highest BCUT2D eigenvalue weighted by Crippen LogP contribution is 2.46. The van der Waals surface area contributed by atoms with Gasteiger partial charge in [-0.1, -0.05) is 54.6 Å². The molecule has 0 radical (unpaired) electrons. The van der Waals surface area contributed by atoms with E-state index in [-0.39, 0.29) is 0 Å². The van der Waals surface area contributed by atoms with Gasteiger partial charge in [-0.15, -0.1) is 11.8 Å². The van der Waals surface area contributed by atoms with E-state index in [1.54, 1.807) is 0 Å². The number of para-hydroxylation sites is 2. The molecule has 2 atom stereocenters. The van der Waals surface area contributed by atoms with E-state index in [4.69, 9.17) is 0 Å². The van der Waals surface area contributed by atoms with Gasteiger partial charge in [-0.3, -0.25) is 0 Å². The van der Waals surface area contributed by atoms with Crippen LogP contribution in [0.4, 0.5) is 11.4 Å². The van der Waals surface area contributed by atoms with Gasteiger partial charge in [0.1, 0.15) is 0 Å². The Bertz CT molecular complexity index is 690. The van der Waals surface area contributed by atoms with Crippen molar-refractivity contribution < 1.29 is 0 Å². The third-order valence-electron chi connectivity index (χ3n) is 4.06. The first-order valence-electron chi connectivity index (χ1n) is 7.37. The fourth-order valence-electron chi connectivity index (χ4n) is 3.10. The van der Waals surface area contributed by atoms with Gasteiger partial charge in [-0.2, -0.15) is 0 Å². The zero-order valence-electron chi connectivity index (χ0n) is 11.7. The largest absolute Gasteiger partial charge is 0.336 e. The number of anilines is 2. The number of fused-ring (bicyclic) bond motifs is 2. The van der Waals surface area contributed by atoms with Crippen LogP contribution in [0.5, 0.6) is 0 Å². The second-order valence-corrected chi connectivity index (χ2v) is 6.59. The normalized spacial score (nSPS) is 23.3. The standard InChI is InChI=1S/C19H17NS/c1-3-9-15(10-4-1)20-16-11-5-2-6-13-18(16)21-19-14-8-7-12-17(19)20/h1-10,12-14,16,18H,11H2. The Morgan fingerprint density at radius 3 is 2.62 bits per heavy atom. The van der Waals surface area contributed by atoms with Crippen LogP contribution in [0.1, 0.15) is 6.42 Å². The van der Waals surface area contributed by atoms with Crippen molar-refractivity contribution >= 4 is 23.1 Å². The predicted molar refractivity (Wildman–Crippen MR) is 91.4 cm³/mol.